The molecule has 0 aliphatic carbocycles. The fraction of sp³-hybridized carbons (Fsp3) is 0. The van der Waals surface area contributed by atoms with Crippen molar-refractivity contribution in [2.75, 3.05) is 5.73 Å². The van der Waals surface area contributed by atoms with Crippen molar-refractivity contribution in [1.82, 2.24) is 19.7 Å². The lowest BCUT2D eigenvalue weighted by Crippen LogP contribution is -2.04. The Morgan fingerprint density at radius 2 is 2.05 bits per heavy atom. The van der Waals surface area contributed by atoms with Crippen LogP contribution in [0.2, 0.25) is 0 Å². The summed E-state index contributed by atoms with van der Waals surface area (Å²) in [6.45, 7) is 0. The molecule has 0 spiro atoms. The molecule has 92 valence electrons. The average Bonchev–Trinajstić information content (AvgIpc) is 2.76. The van der Waals surface area contributed by atoms with Gasteiger partial charge >= 0.3 is 0 Å². The fourth-order valence-electron chi connectivity index (χ4n) is 1.79. The molecule has 0 unspecified atom stereocenters. The first-order valence-electron chi connectivity index (χ1n) is 5.37. The number of halogens is 1. The predicted octanol–water partition coefficient (Wildman–Crippen LogP) is 2.03. The number of nitrogens with two attached hydrogens (primary N) is 1. The van der Waals surface area contributed by atoms with E-state index in [1.165, 1.54) is 4.68 Å². The van der Waals surface area contributed by atoms with E-state index in [1.54, 1.807) is 6.07 Å². The Bertz CT molecular complexity index is 817. The van der Waals surface area contributed by atoms with Gasteiger partial charge in [0, 0.05) is 5.39 Å². The topological polar surface area (TPSA) is 93.4 Å². The molecular weight excluding hydrogens is 308 g/mol. The van der Waals surface area contributed by atoms with Gasteiger partial charge in [-0.15, -0.1) is 5.10 Å². The zero-order valence-corrected chi connectivity index (χ0v) is 11.2. The monoisotopic (exact) mass is 314 g/mol. The molecule has 0 atom stereocenters. The van der Waals surface area contributed by atoms with Gasteiger partial charge in [-0.05, 0) is 28.1 Å². The molecule has 0 aliphatic rings. The highest BCUT2D eigenvalue weighted by molar-refractivity contribution is 9.10. The third kappa shape index (κ3) is 1.92. The second-order valence-corrected chi connectivity index (χ2v) is 4.52. The molecule has 0 fully saturated rings. The maximum Gasteiger partial charge on any atom is 0.240 e. The van der Waals surface area contributed by atoms with Gasteiger partial charge in [-0.3, -0.25) is 0 Å². The van der Waals surface area contributed by atoms with Gasteiger partial charge in [0.2, 0.25) is 10.7 Å². The lowest BCUT2D eigenvalue weighted by atomic mass is 10.1. The van der Waals surface area contributed by atoms with Crippen molar-refractivity contribution in [2.24, 2.45) is 0 Å². The molecule has 0 aliphatic heterocycles. The quantitative estimate of drug-likeness (QED) is 0.741. The van der Waals surface area contributed by atoms with Crippen molar-refractivity contribution in [1.29, 1.82) is 5.26 Å². The first-order chi connectivity index (χ1) is 9.19. The number of para-hydroxylation sites is 1. The largest absolute Gasteiger partial charge is 0.366 e. The second kappa shape index (κ2) is 4.33. The predicted molar refractivity (Wildman–Crippen MR) is 73.5 cm³/mol. The summed E-state index contributed by atoms with van der Waals surface area (Å²) in [6.07, 6.45) is 0. The van der Waals surface area contributed by atoms with E-state index in [0.29, 0.717) is 16.1 Å². The molecule has 3 aromatic rings. The van der Waals surface area contributed by atoms with Gasteiger partial charge < -0.3 is 5.73 Å². The van der Waals surface area contributed by atoms with Crippen LogP contribution in [0.5, 0.6) is 0 Å². The van der Waals surface area contributed by atoms with Crippen molar-refractivity contribution in [2.45, 2.75) is 0 Å². The molecule has 2 heterocycles. The van der Waals surface area contributed by atoms with Gasteiger partial charge in [0.15, 0.2) is 5.82 Å². The van der Waals surface area contributed by atoms with Crippen LogP contribution >= 0.6 is 15.9 Å². The summed E-state index contributed by atoms with van der Waals surface area (Å²) in [4.78, 5) is 8.38. The summed E-state index contributed by atoms with van der Waals surface area (Å²) in [5.41, 5.74) is 6.72. The first-order valence-corrected chi connectivity index (χ1v) is 6.16. The van der Waals surface area contributed by atoms with Crippen LogP contribution in [-0.4, -0.2) is 19.7 Å². The molecule has 0 saturated carbocycles. The maximum absolute atomic E-state index is 9.24. The Morgan fingerprint density at radius 3 is 2.74 bits per heavy atom. The number of fused-ring (bicyclic) bond motifs is 1. The van der Waals surface area contributed by atoms with E-state index in [1.807, 2.05) is 24.3 Å². The summed E-state index contributed by atoms with van der Waals surface area (Å²) in [5.74, 6) is 0.517. The first kappa shape index (κ1) is 11.6. The molecule has 6 nitrogen and oxygen atoms in total. The molecule has 19 heavy (non-hydrogen) atoms. The minimum atomic E-state index is 0.116. The van der Waals surface area contributed by atoms with Crippen molar-refractivity contribution < 1.29 is 0 Å². The Labute approximate surface area is 116 Å². The number of nitrogen functional groups attached to an aromatic ring is 1. The molecular formula is C12H7BrN6. The molecule has 2 aromatic heterocycles. The van der Waals surface area contributed by atoms with Crippen molar-refractivity contribution >= 4 is 32.8 Å². The number of hydrogen-bond donors (Lipinski definition) is 1. The van der Waals surface area contributed by atoms with Crippen molar-refractivity contribution in [3.8, 4) is 11.9 Å². The van der Waals surface area contributed by atoms with Crippen LogP contribution in [0.3, 0.4) is 0 Å². The molecule has 0 amide bonds. The van der Waals surface area contributed by atoms with E-state index >= 15 is 0 Å². The number of nitrogens with zero attached hydrogens (tertiary/aromatic N) is 5. The molecule has 0 bridgehead atoms. The number of aromatic nitrogens is 4. The number of rotatable bonds is 1. The maximum atomic E-state index is 9.24. The Balaban J connectivity index is 2.34. The lowest BCUT2D eigenvalue weighted by Gasteiger charge is -2.05. The zero-order valence-electron chi connectivity index (χ0n) is 9.58. The van der Waals surface area contributed by atoms with E-state index in [-0.39, 0.29) is 5.95 Å². The lowest BCUT2D eigenvalue weighted by molar-refractivity contribution is 0.830. The standard InChI is InChI=1S/C12H7BrN6/c13-11-17-12(15)18-19(11)10-8(6-14)5-7-3-1-2-4-9(7)16-10/h1-5H,(H2,15,18). The van der Waals surface area contributed by atoms with E-state index in [0.717, 1.165) is 10.9 Å². The van der Waals surface area contributed by atoms with E-state index < -0.39 is 0 Å². The molecule has 3 rings (SSSR count). The highest BCUT2D eigenvalue weighted by atomic mass is 79.9. The van der Waals surface area contributed by atoms with E-state index in [9.17, 15) is 5.26 Å². The number of nitriles is 1. The van der Waals surface area contributed by atoms with Crippen LogP contribution in [0.15, 0.2) is 35.1 Å². The summed E-state index contributed by atoms with van der Waals surface area (Å²) >= 11 is 3.24. The molecule has 0 radical (unpaired) electrons. The van der Waals surface area contributed by atoms with Crippen LogP contribution in [0, 0.1) is 11.3 Å². The summed E-state index contributed by atoms with van der Waals surface area (Å²) in [7, 11) is 0. The third-order valence-corrected chi connectivity index (χ3v) is 3.12. The minimum absolute atomic E-state index is 0.116. The Hall–Kier alpha value is -2.46. The van der Waals surface area contributed by atoms with Gasteiger partial charge in [0.25, 0.3) is 0 Å². The highest BCUT2D eigenvalue weighted by Gasteiger charge is 2.14. The van der Waals surface area contributed by atoms with E-state index in [2.05, 4.69) is 37.1 Å². The molecule has 7 heteroatoms. The van der Waals surface area contributed by atoms with Gasteiger partial charge in [0.05, 0.1) is 11.1 Å². The van der Waals surface area contributed by atoms with Gasteiger partial charge in [0.1, 0.15) is 6.07 Å². The third-order valence-electron chi connectivity index (χ3n) is 2.61. The van der Waals surface area contributed by atoms with Gasteiger partial charge in [-0.1, -0.05) is 18.2 Å². The van der Waals surface area contributed by atoms with Crippen LogP contribution in [0.1, 0.15) is 5.56 Å². The summed E-state index contributed by atoms with van der Waals surface area (Å²) < 4.78 is 1.81. The van der Waals surface area contributed by atoms with E-state index in [4.69, 9.17) is 5.73 Å². The molecule has 2 N–H and O–H groups in total. The number of anilines is 1. The van der Waals surface area contributed by atoms with Crippen molar-refractivity contribution in [3.05, 3.63) is 40.6 Å². The SMILES string of the molecule is N#Cc1cc2ccccc2nc1-n1nc(N)nc1Br. The van der Waals surface area contributed by atoms with Crippen LogP contribution in [-0.2, 0) is 0 Å². The van der Waals surface area contributed by atoms with Gasteiger partial charge in [-0.25, -0.2) is 4.98 Å². The molecule has 0 saturated heterocycles. The Morgan fingerprint density at radius 1 is 1.26 bits per heavy atom. The zero-order chi connectivity index (χ0) is 13.4. The fourth-order valence-corrected chi connectivity index (χ4v) is 2.22. The van der Waals surface area contributed by atoms with Crippen molar-refractivity contribution in [3.63, 3.8) is 0 Å². The molecule has 1 aromatic carbocycles. The smallest absolute Gasteiger partial charge is 0.240 e. The summed E-state index contributed by atoms with van der Waals surface area (Å²) in [6, 6.07) is 11.4. The number of pyridine rings is 1. The van der Waals surface area contributed by atoms with Crippen LogP contribution in [0.25, 0.3) is 16.7 Å². The minimum Gasteiger partial charge on any atom is -0.366 e. The van der Waals surface area contributed by atoms with Crippen LogP contribution in [0.4, 0.5) is 5.95 Å². The highest BCUT2D eigenvalue weighted by Crippen LogP contribution is 2.21. The Kier molecular flexibility index (Phi) is 2.65. The van der Waals surface area contributed by atoms with Crippen LogP contribution < -0.4 is 5.73 Å². The second-order valence-electron chi connectivity index (χ2n) is 3.81. The normalized spacial score (nSPS) is 10.5. The number of benzene rings is 1. The summed E-state index contributed by atoms with van der Waals surface area (Å²) in [5, 5.41) is 14.2. The van der Waals surface area contributed by atoms with Gasteiger partial charge in [-0.2, -0.15) is 14.9 Å². The average molecular weight is 315 g/mol. The number of hydrogen-bond acceptors (Lipinski definition) is 5.